The van der Waals surface area contributed by atoms with Gasteiger partial charge in [0.1, 0.15) is 0 Å². The molecular weight excluding hydrogens is 248 g/mol. The maximum absolute atomic E-state index is 12.1. The lowest BCUT2D eigenvalue weighted by molar-refractivity contribution is -0.126. The summed E-state index contributed by atoms with van der Waals surface area (Å²) in [7, 11) is 0. The third-order valence-electron chi connectivity index (χ3n) is 4.88. The molecule has 5 unspecified atom stereocenters. The Kier molecular flexibility index (Phi) is 5.93. The SMILES string of the molecule is CC1CCCC(NC(=O)C2CCC(N)C2)C1C.Cl. The van der Waals surface area contributed by atoms with Gasteiger partial charge in [-0.1, -0.05) is 26.7 Å². The summed E-state index contributed by atoms with van der Waals surface area (Å²) in [5, 5.41) is 3.27. The number of carbonyl (C=O) groups is 1. The molecule has 0 bridgehead atoms. The number of carbonyl (C=O) groups excluding carboxylic acids is 1. The quantitative estimate of drug-likeness (QED) is 0.813. The molecule has 3 N–H and O–H groups in total. The molecule has 0 aromatic heterocycles. The average Bonchev–Trinajstić information content (AvgIpc) is 2.72. The Morgan fingerprint density at radius 3 is 2.50 bits per heavy atom. The minimum absolute atomic E-state index is 0. The summed E-state index contributed by atoms with van der Waals surface area (Å²) >= 11 is 0. The highest BCUT2D eigenvalue weighted by atomic mass is 35.5. The zero-order valence-corrected chi connectivity index (χ0v) is 12.3. The molecule has 18 heavy (non-hydrogen) atoms. The van der Waals surface area contributed by atoms with Crippen LogP contribution in [-0.2, 0) is 4.79 Å². The summed E-state index contributed by atoms with van der Waals surface area (Å²) in [5.41, 5.74) is 5.87. The topological polar surface area (TPSA) is 55.1 Å². The largest absolute Gasteiger partial charge is 0.353 e. The van der Waals surface area contributed by atoms with E-state index < -0.39 is 0 Å². The van der Waals surface area contributed by atoms with Gasteiger partial charge in [-0.25, -0.2) is 0 Å². The van der Waals surface area contributed by atoms with Crippen LogP contribution in [-0.4, -0.2) is 18.0 Å². The van der Waals surface area contributed by atoms with Crippen molar-refractivity contribution in [1.82, 2.24) is 5.32 Å². The molecular formula is C14H27ClN2O. The third-order valence-corrected chi connectivity index (χ3v) is 4.88. The lowest BCUT2D eigenvalue weighted by Gasteiger charge is -2.35. The minimum atomic E-state index is 0. The number of halogens is 1. The third kappa shape index (κ3) is 3.61. The Balaban J connectivity index is 0.00000162. The predicted molar refractivity (Wildman–Crippen MR) is 76.7 cm³/mol. The van der Waals surface area contributed by atoms with E-state index in [0.29, 0.717) is 12.0 Å². The number of rotatable bonds is 2. The van der Waals surface area contributed by atoms with Crippen molar-refractivity contribution in [3.8, 4) is 0 Å². The van der Waals surface area contributed by atoms with Crippen molar-refractivity contribution in [3.05, 3.63) is 0 Å². The Hall–Kier alpha value is -0.280. The first-order valence-corrected chi connectivity index (χ1v) is 7.14. The van der Waals surface area contributed by atoms with Gasteiger partial charge in [0.05, 0.1) is 0 Å². The molecule has 2 saturated carbocycles. The van der Waals surface area contributed by atoms with Gasteiger partial charge in [-0.05, 0) is 37.5 Å². The zero-order valence-electron chi connectivity index (χ0n) is 11.5. The number of hydrogen-bond donors (Lipinski definition) is 2. The van der Waals surface area contributed by atoms with Crippen LogP contribution in [0.1, 0.15) is 52.4 Å². The molecule has 2 aliphatic rings. The van der Waals surface area contributed by atoms with E-state index in [1.54, 1.807) is 0 Å². The molecule has 0 radical (unpaired) electrons. The van der Waals surface area contributed by atoms with Crippen LogP contribution in [0.5, 0.6) is 0 Å². The van der Waals surface area contributed by atoms with Gasteiger partial charge in [0.15, 0.2) is 0 Å². The van der Waals surface area contributed by atoms with Crippen LogP contribution in [0.15, 0.2) is 0 Å². The fourth-order valence-electron chi connectivity index (χ4n) is 3.34. The van der Waals surface area contributed by atoms with Gasteiger partial charge in [-0.15, -0.1) is 12.4 Å². The molecule has 3 nitrogen and oxygen atoms in total. The van der Waals surface area contributed by atoms with Crippen molar-refractivity contribution >= 4 is 18.3 Å². The van der Waals surface area contributed by atoms with Crippen LogP contribution in [0.25, 0.3) is 0 Å². The second-order valence-electron chi connectivity index (χ2n) is 6.15. The molecule has 0 aliphatic heterocycles. The molecule has 0 saturated heterocycles. The molecule has 4 heteroatoms. The number of amides is 1. The molecule has 1 amide bonds. The van der Waals surface area contributed by atoms with E-state index in [9.17, 15) is 4.79 Å². The summed E-state index contributed by atoms with van der Waals surface area (Å²) in [5.74, 6) is 1.78. The van der Waals surface area contributed by atoms with Crippen LogP contribution in [0.2, 0.25) is 0 Å². The number of hydrogen-bond acceptors (Lipinski definition) is 2. The van der Waals surface area contributed by atoms with E-state index in [1.165, 1.54) is 12.8 Å². The maximum Gasteiger partial charge on any atom is 0.223 e. The van der Waals surface area contributed by atoms with Crippen LogP contribution in [0.4, 0.5) is 0 Å². The van der Waals surface area contributed by atoms with Crippen LogP contribution in [0, 0.1) is 17.8 Å². The fraction of sp³-hybridized carbons (Fsp3) is 0.929. The monoisotopic (exact) mass is 274 g/mol. The lowest BCUT2D eigenvalue weighted by atomic mass is 9.78. The van der Waals surface area contributed by atoms with Crippen molar-refractivity contribution in [2.75, 3.05) is 0 Å². The van der Waals surface area contributed by atoms with Crippen LogP contribution < -0.4 is 11.1 Å². The van der Waals surface area contributed by atoms with Gasteiger partial charge in [0.25, 0.3) is 0 Å². The molecule has 0 spiro atoms. The Labute approximate surface area is 117 Å². The van der Waals surface area contributed by atoms with Gasteiger partial charge in [-0.2, -0.15) is 0 Å². The van der Waals surface area contributed by atoms with Crippen molar-refractivity contribution in [3.63, 3.8) is 0 Å². The molecule has 5 atom stereocenters. The lowest BCUT2D eigenvalue weighted by Crippen LogP contribution is -2.45. The summed E-state index contributed by atoms with van der Waals surface area (Å²) in [6, 6.07) is 0.636. The first-order chi connectivity index (χ1) is 8.08. The molecule has 0 aromatic rings. The molecule has 2 aliphatic carbocycles. The van der Waals surface area contributed by atoms with Crippen molar-refractivity contribution in [1.29, 1.82) is 0 Å². The number of nitrogens with two attached hydrogens (primary N) is 1. The second kappa shape index (κ2) is 6.76. The normalized spacial score (nSPS) is 40.1. The summed E-state index contributed by atoms with van der Waals surface area (Å²) in [4.78, 5) is 12.1. The van der Waals surface area contributed by atoms with E-state index in [-0.39, 0.29) is 30.3 Å². The first kappa shape index (κ1) is 15.8. The Morgan fingerprint density at radius 2 is 1.89 bits per heavy atom. The molecule has 106 valence electrons. The van der Waals surface area contributed by atoms with E-state index in [1.807, 2.05) is 0 Å². The minimum Gasteiger partial charge on any atom is -0.353 e. The molecule has 0 heterocycles. The number of nitrogens with one attached hydrogen (secondary N) is 1. The molecule has 2 fully saturated rings. The standard InChI is InChI=1S/C14H26N2O.ClH/c1-9-4-3-5-13(10(9)2)16-14(17)11-6-7-12(15)8-11;/h9-13H,3-8,15H2,1-2H3,(H,16,17);1H. The predicted octanol–water partition coefficient (Wildman–Crippen LogP) is 2.48. The van der Waals surface area contributed by atoms with Crippen LogP contribution in [0.3, 0.4) is 0 Å². The van der Waals surface area contributed by atoms with Crippen LogP contribution >= 0.6 is 12.4 Å². The highest BCUT2D eigenvalue weighted by Gasteiger charge is 2.32. The van der Waals surface area contributed by atoms with E-state index in [0.717, 1.165) is 31.6 Å². The van der Waals surface area contributed by atoms with E-state index >= 15 is 0 Å². The summed E-state index contributed by atoms with van der Waals surface area (Å²) in [6.07, 6.45) is 6.57. The first-order valence-electron chi connectivity index (χ1n) is 7.14. The van der Waals surface area contributed by atoms with Crippen molar-refractivity contribution < 1.29 is 4.79 Å². The zero-order chi connectivity index (χ0) is 12.4. The van der Waals surface area contributed by atoms with Gasteiger partial charge in [0, 0.05) is 18.0 Å². The second-order valence-corrected chi connectivity index (χ2v) is 6.15. The van der Waals surface area contributed by atoms with Crippen molar-refractivity contribution in [2.24, 2.45) is 23.5 Å². The molecule has 0 aromatic carbocycles. The highest BCUT2D eigenvalue weighted by molar-refractivity contribution is 5.85. The van der Waals surface area contributed by atoms with Gasteiger partial charge >= 0.3 is 0 Å². The van der Waals surface area contributed by atoms with Gasteiger partial charge < -0.3 is 11.1 Å². The summed E-state index contributed by atoms with van der Waals surface area (Å²) < 4.78 is 0. The Bertz CT molecular complexity index is 285. The Morgan fingerprint density at radius 1 is 1.17 bits per heavy atom. The van der Waals surface area contributed by atoms with Gasteiger partial charge in [0.2, 0.25) is 5.91 Å². The average molecular weight is 275 g/mol. The van der Waals surface area contributed by atoms with Crippen molar-refractivity contribution in [2.45, 2.75) is 64.5 Å². The summed E-state index contributed by atoms with van der Waals surface area (Å²) in [6.45, 7) is 4.57. The van der Waals surface area contributed by atoms with Gasteiger partial charge in [-0.3, -0.25) is 4.79 Å². The smallest absolute Gasteiger partial charge is 0.223 e. The van der Waals surface area contributed by atoms with E-state index in [2.05, 4.69) is 19.2 Å². The fourth-order valence-corrected chi connectivity index (χ4v) is 3.34. The maximum atomic E-state index is 12.1. The molecule has 2 rings (SSSR count). The highest BCUT2D eigenvalue weighted by Crippen LogP contribution is 2.30. The van der Waals surface area contributed by atoms with E-state index in [4.69, 9.17) is 5.73 Å².